The summed E-state index contributed by atoms with van der Waals surface area (Å²) in [5.41, 5.74) is 0. The zero-order valence-corrected chi connectivity index (χ0v) is 10.5. The van der Waals surface area contributed by atoms with Crippen molar-refractivity contribution in [3.05, 3.63) is 23.7 Å². The van der Waals surface area contributed by atoms with Crippen LogP contribution in [-0.4, -0.2) is 10.9 Å². The van der Waals surface area contributed by atoms with Gasteiger partial charge in [-0.2, -0.15) is 0 Å². The van der Waals surface area contributed by atoms with Gasteiger partial charge in [0.2, 0.25) is 5.91 Å². The minimum Gasteiger partial charge on any atom is -0.302 e. The lowest BCUT2D eigenvalue weighted by molar-refractivity contribution is -0.117. The van der Waals surface area contributed by atoms with E-state index in [4.69, 9.17) is 0 Å². The average molecular weight is 248 g/mol. The highest BCUT2D eigenvalue weighted by atomic mass is 32.1. The molecule has 0 spiro atoms. The van der Waals surface area contributed by atoms with Gasteiger partial charge in [-0.15, -0.1) is 11.3 Å². The lowest BCUT2D eigenvalue weighted by Crippen LogP contribution is -2.15. The Balaban J connectivity index is 1.64. The summed E-state index contributed by atoms with van der Waals surface area (Å²) in [4.78, 5) is 16.2. The molecule has 3 atom stereocenters. The van der Waals surface area contributed by atoms with E-state index in [9.17, 15) is 4.79 Å². The van der Waals surface area contributed by atoms with E-state index in [1.807, 2.05) is 5.38 Å². The first-order chi connectivity index (χ1) is 8.36. The molecule has 3 rings (SSSR count). The highest BCUT2D eigenvalue weighted by Crippen LogP contribution is 2.51. The van der Waals surface area contributed by atoms with E-state index in [1.54, 1.807) is 6.20 Å². The topological polar surface area (TPSA) is 42.0 Å². The number of aromatic nitrogens is 1. The average Bonchev–Trinajstić information content (AvgIpc) is 2.72. The third kappa shape index (κ3) is 2.27. The number of thiazole rings is 1. The predicted octanol–water partition coefficient (Wildman–Crippen LogP) is 3.07. The van der Waals surface area contributed by atoms with Crippen molar-refractivity contribution in [2.75, 3.05) is 5.32 Å². The Morgan fingerprint density at radius 1 is 1.47 bits per heavy atom. The Morgan fingerprint density at radius 3 is 3.24 bits per heavy atom. The van der Waals surface area contributed by atoms with Gasteiger partial charge >= 0.3 is 0 Å². The Morgan fingerprint density at radius 2 is 2.41 bits per heavy atom. The Kier molecular flexibility index (Phi) is 2.97. The van der Waals surface area contributed by atoms with Gasteiger partial charge in [0, 0.05) is 17.5 Å². The summed E-state index contributed by atoms with van der Waals surface area (Å²) in [5, 5.41) is 5.52. The van der Waals surface area contributed by atoms with E-state index < -0.39 is 0 Å². The molecule has 0 radical (unpaired) electrons. The van der Waals surface area contributed by atoms with Gasteiger partial charge in [-0.05, 0) is 31.1 Å². The van der Waals surface area contributed by atoms with Crippen LogP contribution in [0, 0.1) is 17.8 Å². The normalized spacial score (nSPS) is 31.2. The van der Waals surface area contributed by atoms with Crippen molar-refractivity contribution >= 4 is 22.4 Å². The number of carbonyl (C=O) groups is 1. The summed E-state index contributed by atoms with van der Waals surface area (Å²) in [5.74, 6) is 1.40. The first kappa shape index (κ1) is 11.0. The second-order valence-corrected chi connectivity index (χ2v) is 5.70. The summed E-state index contributed by atoms with van der Waals surface area (Å²) in [6.07, 6.45) is 11.1. The van der Waals surface area contributed by atoms with Gasteiger partial charge in [0.15, 0.2) is 5.13 Å². The van der Waals surface area contributed by atoms with Crippen LogP contribution in [0.2, 0.25) is 0 Å². The number of anilines is 1. The van der Waals surface area contributed by atoms with Crippen LogP contribution in [0.15, 0.2) is 23.7 Å². The standard InChI is InChI=1S/C13H16N2OS/c16-12(15-13-14-7-8-17-13)11-9-5-3-1-2-4-6-10(9)11/h3,5,7-11H,1-2,4,6H2,(H,14,15,16)/t9-,10+,11+/m0/s1. The van der Waals surface area contributed by atoms with E-state index in [1.165, 1.54) is 37.0 Å². The minimum atomic E-state index is 0.154. The van der Waals surface area contributed by atoms with Gasteiger partial charge in [-0.25, -0.2) is 4.98 Å². The first-order valence-corrected chi connectivity index (χ1v) is 7.11. The van der Waals surface area contributed by atoms with Crippen LogP contribution in [0.1, 0.15) is 25.7 Å². The molecule has 0 aromatic carbocycles. The molecule has 0 aliphatic heterocycles. The molecular formula is C13H16N2OS. The Hall–Kier alpha value is -1.16. The maximum absolute atomic E-state index is 12.1. The number of rotatable bonds is 2. The monoisotopic (exact) mass is 248 g/mol. The molecule has 0 bridgehead atoms. The van der Waals surface area contributed by atoms with E-state index in [0.717, 1.165) is 5.13 Å². The maximum Gasteiger partial charge on any atom is 0.230 e. The number of hydrogen-bond donors (Lipinski definition) is 1. The van der Waals surface area contributed by atoms with Crippen LogP contribution in [0.3, 0.4) is 0 Å². The van der Waals surface area contributed by atoms with Crippen LogP contribution in [0.5, 0.6) is 0 Å². The lowest BCUT2D eigenvalue weighted by atomic mass is 10.1. The van der Waals surface area contributed by atoms with Crippen LogP contribution in [-0.2, 0) is 4.79 Å². The molecule has 1 fully saturated rings. The number of carbonyl (C=O) groups excluding carboxylic acids is 1. The lowest BCUT2D eigenvalue weighted by Gasteiger charge is -2.00. The molecule has 17 heavy (non-hydrogen) atoms. The van der Waals surface area contributed by atoms with Crippen LogP contribution in [0.4, 0.5) is 5.13 Å². The number of allylic oxidation sites excluding steroid dienone is 2. The van der Waals surface area contributed by atoms with Crippen molar-refractivity contribution in [2.24, 2.45) is 17.8 Å². The van der Waals surface area contributed by atoms with E-state index >= 15 is 0 Å². The molecule has 1 aromatic heterocycles. The second kappa shape index (κ2) is 4.61. The molecule has 1 saturated carbocycles. The zero-order valence-electron chi connectivity index (χ0n) is 9.63. The molecule has 4 heteroatoms. The van der Waals surface area contributed by atoms with Gasteiger partial charge in [0.1, 0.15) is 0 Å². The third-order valence-electron chi connectivity index (χ3n) is 3.71. The van der Waals surface area contributed by atoms with E-state index in [0.29, 0.717) is 11.8 Å². The predicted molar refractivity (Wildman–Crippen MR) is 68.8 cm³/mol. The van der Waals surface area contributed by atoms with Crippen molar-refractivity contribution in [3.63, 3.8) is 0 Å². The van der Waals surface area contributed by atoms with Crippen LogP contribution in [0.25, 0.3) is 0 Å². The smallest absolute Gasteiger partial charge is 0.230 e. The molecule has 2 aliphatic rings. The molecule has 2 aliphatic carbocycles. The number of amides is 1. The summed E-state index contributed by atoms with van der Waals surface area (Å²) < 4.78 is 0. The fourth-order valence-electron chi connectivity index (χ4n) is 2.77. The summed E-state index contributed by atoms with van der Waals surface area (Å²) in [6.45, 7) is 0. The SMILES string of the molecule is O=C(Nc1nccs1)[C@@H]1[C@H]2C=CCCCC[C@H]21. The summed E-state index contributed by atoms with van der Waals surface area (Å²) >= 11 is 1.48. The van der Waals surface area contributed by atoms with Gasteiger partial charge in [-0.1, -0.05) is 18.6 Å². The molecule has 0 saturated heterocycles. The van der Waals surface area contributed by atoms with Gasteiger partial charge in [0.05, 0.1) is 0 Å². The third-order valence-corrected chi connectivity index (χ3v) is 4.40. The molecule has 90 valence electrons. The summed E-state index contributed by atoms with van der Waals surface area (Å²) in [7, 11) is 0. The highest BCUT2D eigenvalue weighted by molar-refractivity contribution is 7.13. The van der Waals surface area contributed by atoms with Gasteiger partial charge in [-0.3, -0.25) is 4.79 Å². The van der Waals surface area contributed by atoms with E-state index in [2.05, 4.69) is 22.5 Å². The van der Waals surface area contributed by atoms with Crippen molar-refractivity contribution < 1.29 is 4.79 Å². The number of fused-ring (bicyclic) bond motifs is 1. The summed E-state index contributed by atoms with van der Waals surface area (Å²) in [6, 6.07) is 0. The van der Waals surface area contributed by atoms with E-state index in [-0.39, 0.29) is 11.8 Å². The number of nitrogens with zero attached hydrogens (tertiary/aromatic N) is 1. The molecule has 0 unspecified atom stereocenters. The molecule has 1 amide bonds. The van der Waals surface area contributed by atoms with Crippen LogP contribution < -0.4 is 5.32 Å². The molecular weight excluding hydrogens is 232 g/mol. The minimum absolute atomic E-state index is 0.154. The van der Waals surface area contributed by atoms with Crippen LogP contribution >= 0.6 is 11.3 Å². The fraction of sp³-hybridized carbons (Fsp3) is 0.538. The maximum atomic E-state index is 12.1. The molecule has 1 aromatic rings. The van der Waals surface area contributed by atoms with Crippen molar-refractivity contribution in [1.82, 2.24) is 4.98 Å². The largest absolute Gasteiger partial charge is 0.302 e. The second-order valence-electron chi connectivity index (χ2n) is 4.81. The van der Waals surface area contributed by atoms with Crippen molar-refractivity contribution in [1.29, 1.82) is 0 Å². The zero-order chi connectivity index (χ0) is 11.7. The van der Waals surface area contributed by atoms with Crippen molar-refractivity contribution in [3.8, 4) is 0 Å². The Bertz CT molecular complexity index is 427. The fourth-order valence-corrected chi connectivity index (χ4v) is 3.31. The molecule has 1 N–H and O–H groups in total. The number of hydrogen-bond acceptors (Lipinski definition) is 3. The van der Waals surface area contributed by atoms with Gasteiger partial charge in [0.25, 0.3) is 0 Å². The molecule has 1 heterocycles. The highest BCUT2D eigenvalue weighted by Gasteiger charge is 2.52. The first-order valence-electron chi connectivity index (χ1n) is 6.23. The number of nitrogens with one attached hydrogen (secondary N) is 1. The van der Waals surface area contributed by atoms with Gasteiger partial charge < -0.3 is 5.32 Å². The molecule has 3 nitrogen and oxygen atoms in total. The Labute approximate surface area is 105 Å². The quantitative estimate of drug-likeness (QED) is 0.817. The van der Waals surface area contributed by atoms with Crippen molar-refractivity contribution in [2.45, 2.75) is 25.7 Å².